The monoisotopic (exact) mass is 318 g/mol. The van der Waals surface area contributed by atoms with Crippen molar-refractivity contribution in [1.29, 1.82) is 0 Å². The minimum Gasteiger partial charge on any atom is -0.478 e. The number of rotatable bonds is 3. The molecule has 1 unspecified atom stereocenters. The molecular formula is C10H7BrO3S2. The second-order valence-corrected chi connectivity index (χ2v) is 6.49. The molecule has 2 aromatic heterocycles. The smallest absolute Gasteiger partial charge is 0.336 e. The van der Waals surface area contributed by atoms with E-state index >= 15 is 0 Å². The summed E-state index contributed by atoms with van der Waals surface area (Å²) in [5.74, 6) is -1.01. The molecule has 0 radical (unpaired) electrons. The number of halogens is 1. The SMILES string of the molecule is O=C(O)c1ccsc1C(O)c1ccc(Br)s1. The molecule has 0 bridgehead atoms. The van der Waals surface area contributed by atoms with Crippen molar-refractivity contribution in [3.8, 4) is 0 Å². The Balaban J connectivity index is 2.37. The lowest BCUT2D eigenvalue weighted by Gasteiger charge is -2.07. The van der Waals surface area contributed by atoms with Gasteiger partial charge in [0, 0.05) is 4.88 Å². The molecule has 0 aliphatic carbocycles. The van der Waals surface area contributed by atoms with Gasteiger partial charge >= 0.3 is 5.97 Å². The summed E-state index contributed by atoms with van der Waals surface area (Å²) in [6.45, 7) is 0. The van der Waals surface area contributed by atoms with Crippen LogP contribution in [0.3, 0.4) is 0 Å². The van der Waals surface area contributed by atoms with E-state index < -0.39 is 12.1 Å². The number of aliphatic hydroxyl groups is 1. The molecular weight excluding hydrogens is 312 g/mol. The molecule has 84 valence electrons. The summed E-state index contributed by atoms with van der Waals surface area (Å²) < 4.78 is 0.912. The van der Waals surface area contributed by atoms with Crippen molar-refractivity contribution in [2.24, 2.45) is 0 Å². The number of carboxylic acid groups (broad SMARTS) is 1. The fourth-order valence-electron chi connectivity index (χ4n) is 1.31. The van der Waals surface area contributed by atoms with Gasteiger partial charge in [0.05, 0.1) is 14.2 Å². The maximum absolute atomic E-state index is 10.9. The van der Waals surface area contributed by atoms with Gasteiger partial charge in [0.15, 0.2) is 0 Å². The van der Waals surface area contributed by atoms with E-state index in [9.17, 15) is 9.90 Å². The zero-order chi connectivity index (χ0) is 11.7. The summed E-state index contributed by atoms with van der Waals surface area (Å²) in [7, 11) is 0. The van der Waals surface area contributed by atoms with E-state index in [-0.39, 0.29) is 5.56 Å². The lowest BCUT2D eigenvalue weighted by molar-refractivity contribution is 0.0692. The van der Waals surface area contributed by atoms with Gasteiger partial charge in [-0.3, -0.25) is 0 Å². The maximum atomic E-state index is 10.9. The Morgan fingerprint density at radius 3 is 2.69 bits per heavy atom. The van der Waals surface area contributed by atoms with Crippen LogP contribution < -0.4 is 0 Å². The van der Waals surface area contributed by atoms with Crippen LogP contribution in [0.15, 0.2) is 27.4 Å². The molecule has 16 heavy (non-hydrogen) atoms. The number of aliphatic hydroxyl groups excluding tert-OH is 1. The third kappa shape index (κ3) is 2.20. The lowest BCUT2D eigenvalue weighted by atomic mass is 10.1. The second kappa shape index (κ2) is 4.67. The Hall–Kier alpha value is -0.690. The Morgan fingerprint density at radius 2 is 2.12 bits per heavy atom. The third-order valence-corrected chi connectivity index (χ3v) is 4.68. The molecule has 0 saturated heterocycles. The van der Waals surface area contributed by atoms with Crippen molar-refractivity contribution in [3.63, 3.8) is 0 Å². The lowest BCUT2D eigenvalue weighted by Crippen LogP contribution is -2.03. The highest BCUT2D eigenvalue weighted by molar-refractivity contribution is 9.11. The van der Waals surface area contributed by atoms with E-state index in [0.717, 1.165) is 8.66 Å². The first-order valence-electron chi connectivity index (χ1n) is 4.33. The van der Waals surface area contributed by atoms with Gasteiger partial charge in [-0.25, -0.2) is 4.79 Å². The molecule has 0 spiro atoms. The molecule has 1 atom stereocenters. The van der Waals surface area contributed by atoms with Crippen molar-refractivity contribution < 1.29 is 15.0 Å². The normalized spacial score (nSPS) is 12.6. The van der Waals surface area contributed by atoms with Crippen molar-refractivity contribution >= 4 is 44.6 Å². The van der Waals surface area contributed by atoms with Crippen LogP contribution in [0.5, 0.6) is 0 Å². The first-order chi connectivity index (χ1) is 7.59. The fraction of sp³-hybridized carbons (Fsp3) is 0.100. The minimum absolute atomic E-state index is 0.169. The van der Waals surface area contributed by atoms with Crippen LogP contribution in [0.25, 0.3) is 0 Å². The molecule has 0 fully saturated rings. The van der Waals surface area contributed by atoms with Crippen molar-refractivity contribution in [3.05, 3.63) is 42.7 Å². The number of hydrogen-bond donors (Lipinski definition) is 2. The Bertz CT molecular complexity index is 518. The largest absolute Gasteiger partial charge is 0.478 e. The molecule has 2 rings (SSSR count). The Labute approximate surface area is 108 Å². The van der Waals surface area contributed by atoms with E-state index in [1.807, 2.05) is 6.07 Å². The first kappa shape index (κ1) is 11.8. The van der Waals surface area contributed by atoms with Gasteiger partial charge in [0.1, 0.15) is 6.10 Å². The standard InChI is InChI=1S/C10H7BrO3S2/c11-7-2-1-6(16-7)8(12)9-5(10(13)14)3-4-15-9/h1-4,8,12H,(H,13,14). The molecule has 0 amide bonds. The van der Waals surface area contributed by atoms with Crippen LogP contribution in [-0.2, 0) is 0 Å². The van der Waals surface area contributed by atoms with E-state index in [2.05, 4.69) is 15.9 Å². The van der Waals surface area contributed by atoms with Crippen LogP contribution in [-0.4, -0.2) is 16.2 Å². The highest BCUT2D eigenvalue weighted by atomic mass is 79.9. The average molecular weight is 319 g/mol. The van der Waals surface area contributed by atoms with Crippen molar-refractivity contribution in [2.75, 3.05) is 0 Å². The van der Waals surface area contributed by atoms with Gasteiger partial charge in [-0.05, 0) is 39.5 Å². The van der Waals surface area contributed by atoms with Crippen LogP contribution in [0.2, 0.25) is 0 Å². The van der Waals surface area contributed by atoms with E-state index in [0.29, 0.717) is 4.88 Å². The number of carbonyl (C=O) groups is 1. The molecule has 0 saturated carbocycles. The van der Waals surface area contributed by atoms with Gasteiger partial charge in [0.2, 0.25) is 0 Å². The number of thiophene rings is 2. The van der Waals surface area contributed by atoms with Crippen LogP contribution >= 0.6 is 38.6 Å². The number of aromatic carboxylic acids is 1. The van der Waals surface area contributed by atoms with Gasteiger partial charge in [-0.15, -0.1) is 22.7 Å². The molecule has 3 nitrogen and oxygen atoms in total. The molecule has 2 N–H and O–H groups in total. The Morgan fingerprint density at radius 1 is 1.38 bits per heavy atom. The van der Waals surface area contributed by atoms with Crippen LogP contribution in [0.1, 0.15) is 26.2 Å². The molecule has 2 aromatic rings. The second-order valence-electron chi connectivity index (χ2n) is 3.05. The first-order valence-corrected chi connectivity index (χ1v) is 6.82. The average Bonchev–Trinajstić information content (AvgIpc) is 2.84. The maximum Gasteiger partial charge on any atom is 0.336 e. The fourth-order valence-corrected chi connectivity index (χ4v) is 3.70. The van der Waals surface area contributed by atoms with E-state index in [1.54, 1.807) is 11.4 Å². The van der Waals surface area contributed by atoms with E-state index in [4.69, 9.17) is 5.11 Å². The summed E-state index contributed by atoms with van der Waals surface area (Å²) >= 11 is 5.95. The predicted molar refractivity (Wildman–Crippen MR) is 67.4 cm³/mol. The van der Waals surface area contributed by atoms with Crippen molar-refractivity contribution in [1.82, 2.24) is 0 Å². The minimum atomic E-state index is -1.01. The highest BCUT2D eigenvalue weighted by Gasteiger charge is 2.21. The van der Waals surface area contributed by atoms with Gasteiger partial charge in [-0.2, -0.15) is 0 Å². The topological polar surface area (TPSA) is 57.5 Å². The zero-order valence-corrected chi connectivity index (χ0v) is 11.1. The number of hydrogen-bond acceptors (Lipinski definition) is 4. The Kier molecular flexibility index (Phi) is 3.44. The zero-order valence-electron chi connectivity index (χ0n) is 7.88. The van der Waals surface area contributed by atoms with Crippen molar-refractivity contribution in [2.45, 2.75) is 6.10 Å². The molecule has 2 heterocycles. The predicted octanol–water partition coefficient (Wildman–Crippen LogP) is 3.35. The summed E-state index contributed by atoms with van der Waals surface area (Å²) in [4.78, 5) is 12.1. The van der Waals surface area contributed by atoms with Crippen LogP contribution in [0.4, 0.5) is 0 Å². The van der Waals surface area contributed by atoms with Gasteiger partial charge in [-0.1, -0.05) is 0 Å². The summed E-state index contributed by atoms with van der Waals surface area (Å²) in [5.41, 5.74) is 0.169. The molecule has 0 aliphatic rings. The molecule has 6 heteroatoms. The third-order valence-electron chi connectivity index (χ3n) is 2.04. The van der Waals surface area contributed by atoms with Crippen LogP contribution in [0, 0.1) is 0 Å². The quantitative estimate of drug-likeness (QED) is 0.912. The highest BCUT2D eigenvalue weighted by Crippen LogP contribution is 2.35. The summed E-state index contributed by atoms with van der Waals surface area (Å²) in [6.07, 6.45) is -0.859. The molecule has 0 aromatic carbocycles. The summed E-state index contributed by atoms with van der Waals surface area (Å²) in [6, 6.07) is 5.12. The molecule has 0 aliphatic heterocycles. The van der Waals surface area contributed by atoms with E-state index in [1.165, 1.54) is 28.7 Å². The van der Waals surface area contributed by atoms with Gasteiger partial charge in [0.25, 0.3) is 0 Å². The summed E-state index contributed by atoms with van der Waals surface area (Å²) in [5, 5.41) is 20.7. The number of carboxylic acids is 1. The van der Waals surface area contributed by atoms with Gasteiger partial charge < -0.3 is 10.2 Å².